The topological polar surface area (TPSA) is 12.5 Å². The standard InChI is InChI=1S/C15H29NO/c1-13(2)5-6-15(7-8-15)12-16-9-4-10-17-11-14(16)3/h13-14H,4-12H2,1-3H3. The summed E-state index contributed by atoms with van der Waals surface area (Å²) in [6.07, 6.45) is 6.98. The van der Waals surface area contributed by atoms with Crippen LogP contribution in [0.5, 0.6) is 0 Å². The van der Waals surface area contributed by atoms with E-state index in [-0.39, 0.29) is 0 Å². The Hall–Kier alpha value is -0.0800. The number of rotatable bonds is 5. The Balaban J connectivity index is 1.82. The van der Waals surface area contributed by atoms with E-state index in [1.54, 1.807) is 0 Å². The van der Waals surface area contributed by atoms with E-state index in [2.05, 4.69) is 25.7 Å². The van der Waals surface area contributed by atoms with Crippen molar-refractivity contribution in [2.75, 3.05) is 26.3 Å². The van der Waals surface area contributed by atoms with Gasteiger partial charge in [0.25, 0.3) is 0 Å². The van der Waals surface area contributed by atoms with Gasteiger partial charge in [-0.25, -0.2) is 0 Å². The van der Waals surface area contributed by atoms with Gasteiger partial charge >= 0.3 is 0 Å². The fourth-order valence-corrected chi connectivity index (χ4v) is 2.87. The SMILES string of the molecule is CC(C)CCC1(CN2CCCOCC2C)CC1. The lowest BCUT2D eigenvalue weighted by molar-refractivity contribution is 0.0970. The van der Waals surface area contributed by atoms with Gasteiger partial charge < -0.3 is 4.74 Å². The third-order valence-corrected chi connectivity index (χ3v) is 4.46. The normalized spacial score (nSPS) is 29.3. The van der Waals surface area contributed by atoms with E-state index in [1.807, 2.05) is 0 Å². The summed E-state index contributed by atoms with van der Waals surface area (Å²) in [7, 11) is 0. The monoisotopic (exact) mass is 239 g/mol. The molecule has 1 aliphatic heterocycles. The molecule has 0 bridgehead atoms. The molecule has 0 aromatic carbocycles. The first-order valence-corrected chi connectivity index (χ1v) is 7.43. The average molecular weight is 239 g/mol. The highest BCUT2D eigenvalue weighted by atomic mass is 16.5. The number of nitrogens with zero attached hydrogens (tertiary/aromatic N) is 1. The van der Waals surface area contributed by atoms with Crippen molar-refractivity contribution in [3.8, 4) is 0 Å². The van der Waals surface area contributed by atoms with Crippen LogP contribution in [0.15, 0.2) is 0 Å². The molecule has 1 aliphatic carbocycles. The van der Waals surface area contributed by atoms with Gasteiger partial charge in [-0.2, -0.15) is 0 Å². The quantitative estimate of drug-likeness (QED) is 0.730. The van der Waals surface area contributed by atoms with Crippen LogP contribution in [0.25, 0.3) is 0 Å². The van der Waals surface area contributed by atoms with Crippen LogP contribution in [0.4, 0.5) is 0 Å². The van der Waals surface area contributed by atoms with Crippen LogP contribution >= 0.6 is 0 Å². The molecule has 2 heteroatoms. The lowest BCUT2D eigenvalue weighted by atomic mass is 9.94. The van der Waals surface area contributed by atoms with E-state index in [9.17, 15) is 0 Å². The molecule has 1 atom stereocenters. The number of hydrogen-bond acceptors (Lipinski definition) is 2. The summed E-state index contributed by atoms with van der Waals surface area (Å²) in [6.45, 7) is 11.5. The molecular formula is C15H29NO. The van der Waals surface area contributed by atoms with E-state index >= 15 is 0 Å². The summed E-state index contributed by atoms with van der Waals surface area (Å²) in [5.74, 6) is 0.859. The molecule has 2 aliphatic rings. The van der Waals surface area contributed by atoms with Crippen LogP contribution in [0.2, 0.25) is 0 Å². The summed E-state index contributed by atoms with van der Waals surface area (Å²) in [5, 5.41) is 0. The smallest absolute Gasteiger partial charge is 0.0619 e. The first kappa shape index (κ1) is 13.4. The van der Waals surface area contributed by atoms with Crippen LogP contribution in [-0.2, 0) is 4.74 Å². The minimum absolute atomic E-state index is 0.619. The lowest BCUT2D eigenvalue weighted by Gasteiger charge is -2.31. The van der Waals surface area contributed by atoms with E-state index in [0.29, 0.717) is 11.5 Å². The van der Waals surface area contributed by atoms with Crippen molar-refractivity contribution >= 4 is 0 Å². The van der Waals surface area contributed by atoms with Crippen molar-refractivity contribution in [2.45, 2.75) is 58.9 Å². The molecule has 0 radical (unpaired) electrons. The second kappa shape index (κ2) is 5.71. The zero-order chi connectivity index (χ0) is 12.3. The highest BCUT2D eigenvalue weighted by molar-refractivity contribution is 4.96. The van der Waals surface area contributed by atoms with Gasteiger partial charge in [-0.3, -0.25) is 4.90 Å². The first-order valence-electron chi connectivity index (χ1n) is 7.43. The van der Waals surface area contributed by atoms with Crippen molar-refractivity contribution in [1.29, 1.82) is 0 Å². The van der Waals surface area contributed by atoms with Crippen molar-refractivity contribution < 1.29 is 4.74 Å². The molecule has 0 spiro atoms. The highest BCUT2D eigenvalue weighted by Crippen LogP contribution is 2.51. The third-order valence-electron chi connectivity index (χ3n) is 4.46. The largest absolute Gasteiger partial charge is 0.380 e. The third kappa shape index (κ3) is 3.96. The van der Waals surface area contributed by atoms with Gasteiger partial charge in [-0.15, -0.1) is 0 Å². The maximum atomic E-state index is 5.63. The summed E-state index contributed by atoms with van der Waals surface area (Å²) >= 11 is 0. The minimum atomic E-state index is 0.619. The van der Waals surface area contributed by atoms with E-state index in [0.717, 1.165) is 19.1 Å². The molecule has 1 saturated carbocycles. The summed E-state index contributed by atoms with van der Waals surface area (Å²) in [5.41, 5.74) is 0.683. The Morgan fingerprint density at radius 3 is 2.76 bits per heavy atom. The average Bonchev–Trinajstić information content (AvgIpc) is 3.06. The molecule has 1 heterocycles. The van der Waals surface area contributed by atoms with Crippen LogP contribution in [0.1, 0.15) is 52.9 Å². The van der Waals surface area contributed by atoms with Gasteiger partial charge in [0.2, 0.25) is 0 Å². The molecule has 100 valence electrons. The maximum Gasteiger partial charge on any atom is 0.0619 e. The Kier molecular flexibility index (Phi) is 4.48. The van der Waals surface area contributed by atoms with Gasteiger partial charge in [0.05, 0.1) is 6.61 Å². The summed E-state index contributed by atoms with van der Waals surface area (Å²) in [4.78, 5) is 2.68. The van der Waals surface area contributed by atoms with E-state index in [4.69, 9.17) is 4.74 Å². The van der Waals surface area contributed by atoms with Crippen LogP contribution in [-0.4, -0.2) is 37.2 Å². The molecule has 0 aromatic heterocycles. The predicted molar refractivity (Wildman–Crippen MR) is 72.2 cm³/mol. The number of hydrogen-bond donors (Lipinski definition) is 0. The summed E-state index contributed by atoms with van der Waals surface area (Å²) in [6, 6.07) is 0.619. The zero-order valence-corrected chi connectivity index (χ0v) is 11.9. The van der Waals surface area contributed by atoms with E-state index < -0.39 is 0 Å². The molecule has 0 amide bonds. The van der Waals surface area contributed by atoms with E-state index in [1.165, 1.54) is 45.2 Å². The highest BCUT2D eigenvalue weighted by Gasteiger charge is 2.43. The Labute approximate surface area is 107 Å². The maximum absolute atomic E-state index is 5.63. The van der Waals surface area contributed by atoms with Gasteiger partial charge in [-0.1, -0.05) is 20.3 Å². The van der Waals surface area contributed by atoms with Crippen molar-refractivity contribution in [1.82, 2.24) is 4.90 Å². The van der Waals surface area contributed by atoms with Gasteiger partial charge in [0.1, 0.15) is 0 Å². The molecule has 1 saturated heterocycles. The second-order valence-corrected chi connectivity index (χ2v) is 6.68. The van der Waals surface area contributed by atoms with Crippen LogP contribution in [0.3, 0.4) is 0 Å². The van der Waals surface area contributed by atoms with Gasteiger partial charge in [0.15, 0.2) is 0 Å². The molecule has 17 heavy (non-hydrogen) atoms. The molecule has 1 unspecified atom stereocenters. The molecule has 2 nitrogen and oxygen atoms in total. The summed E-state index contributed by atoms with van der Waals surface area (Å²) < 4.78 is 5.63. The van der Waals surface area contributed by atoms with Crippen LogP contribution < -0.4 is 0 Å². The van der Waals surface area contributed by atoms with Crippen molar-refractivity contribution in [3.63, 3.8) is 0 Å². The predicted octanol–water partition coefficient (Wildman–Crippen LogP) is 3.31. The Bertz CT molecular complexity index is 235. The minimum Gasteiger partial charge on any atom is -0.380 e. The van der Waals surface area contributed by atoms with Crippen LogP contribution in [0, 0.1) is 11.3 Å². The fraction of sp³-hybridized carbons (Fsp3) is 1.00. The van der Waals surface area contributed by atoms with Gasteiger partial charge in [0, 0.05) is 25.7 Å². The van der Waals surface area contributed by atoms with Crippen molar-refractivity contribution in [2.24, 2.45) is 11.3 Å². The fourth-order valence-electron chi connectivity index (χ4n) is 2.87. The molecular weight excluding hydrogens is 210 g/mol. The lowest BCUT2D eigenvalue weighted by Crippen LogP contribution is -2.39. The molecule has 0 aromatic rings. The van der Waals surface area contributed by atoms with Crippen molar-refractivity contribution in [3.05, 3.63) is 0 Å². The molecule has 2 fully saturated rings. The van der Waals surface area contributed by atoms with Gasteiger partial charge in [-0.05, 0) is 43.9 Å². The Morgan fingerprint density at radius 1 is 1.35 bits per heavy atom. The second-order valence-electron chi connectivity index (χ2n) is 6.68. The molecule has 0 N–H and O–H groups in total. The zero-order valence-electron chi connectivity index (χ0n) is 11.9. The Morgan fingerprint density at radius 2 is 2.12 bits per heavy atom. The molecule has 2 rings (SSSR count). The first-order chi connectivity index (χ1) is 8.11. The number of ether oxygens (including phenoxy) is 1.